The Morgan fingerprint density at radius 2 is 2.20 bits per heavy atom. The van der Waals surface area contributed by atoms with Crippen molar-refractivity contribution in [1.29, 1.82) is 0 Å². The summed E-state index contributed by atoms with van der Waals surface area (Å²) in [6, 6.07) is 0. The Kier molecular flexibility index (Phi) is 4.58. The van der Waals surface area contributed by atoms with Crippen molar-refractivity contribution >= 4 is 10.1 Å². The van der Waals surface area contributed by atoms with Gasteiger partial charge in [0.1, 0.15) is 0 Å². The van der Waals surface area contributed by atoms with Crippen molar-refractivity contribution in [3.05, 3.63) is 36.7 Å². The summed E-state index contributed by atoms with van der Waals surface area (Å²) in [5.41, 5.74) is 0. The van der Waals surface area contributed by atoms with Crippen LogP contribution < -0.4 is 0 Å². The number of hydrogen-bond donors (Lipinski definition) is 1. The van der Waals surface area contributed by atoms with Crippen molar-refractivity contribution in [3.8, 4) is 0 Å². The standard InChI is InChI=1S/C10H15NO3S/c12-15(13,14)10-6-2-5-9-11-7-3-1-4-8-11/h1,3-5,7,9H,2,6,8,10H2,(H,12,13,14). The molecule has 0 aromatic rings. The molecule has 0 atom stereocenters. The molecule has 1 rings (SSSR count). The van der Waals surface area contributed by atoms with E-state index in [0.717, 1.165) is 6.54 Å². The van der Waals surface area contributed by atoms with Crippen molar-refractivity contribution in [2.45, 2.75) is 12.8 Å². The van der Waals surface area contributed by atoms with E-state index in [9.17, 15) is 8.42 Å². The van der Waals surface area contributed by atoms with Crippen LogP contribution in [0.5, 0.6) is 0 Å². The summed E-state index contributed by atoms with van der Waals surface area (Å²) in [6.45, 7) is 0.839. The van der Waals surface area contributed by atoms with Crippen LogP contribution in [0.25, 0.3) is 0 Å². The van der Waals surface area contributed by atoms with Gasteiger partial charge in [0.05, 0.1) is 5.75 Å². The van der Waals surface area contributed by atoms with Crippen LogP contribution in [0.1, 0.15) is 12.8 Å². The molecule has 1 N–H and O–H groups in total. The molecule has 0 spiro atoms. The lowest BCUT2D eigenvalue weighted by Gasteiger charge is -2.14. The first-order chi connectivity index (χ1) is 7.08. The minimum absolute atomic E-state index is 0.174. The maximum atomic E-state index is 10.4. The molecule has 4 nitrogen and oxygen atoms in total. The van der Waals surface area contributed by atoms with E-state index in [4.69, 9.17) is 4.55 Å². The second kappa shape index (κ2) is 5.72. The molecule has 0 unspecified atom stereocenters. The predicted molar refractivity (Wildman–Crippen MR) is 59.8 cm³/mol. The summed E-state index contributed by atoms with van der Waals surface area (Å²) in [6.07, 6.45) is 12.8. The lowest BCUT2D eigenvalue weighted by molar-refractivity contribution is 0.481. The maximum absolute atomic E-state index is 10.4. The summed E-state index contributed by atoms with van der Waals surface area (Å²) >= 11 is 0. The SMILES string of the molecule is O=S(=O)(O)CCCC=CN1C=CC=CC1. The fraction of sp³-hybridized carbons (Fsp3) is 0.400. The predicted octanol–water partition coefficient (Wildman–Crippen LogP) is 1.55. The van der Waals surface area contributed by atoms with Gasteiger partial charge in [-0.1, -0.05) is 18.2 Å². The summed E-state index contributed by atoms with van der Waals surface area (Å²) in [4.78, 5) is 1.99. The monoisotopic (exact) mass is 229 g/mol. The number of rotatable bonds is 5. The van der Waals surface area contributed by atoms with Crippen LogP contribution in [0.15, 0.2) is 36.7 Å². The third-order valence-corrected chi connectivity index (χ3v) is 2.72. The molecule has 0 fully saturated rings. The highest BCUT2D eigenvalue weighted by Crippen LogP contribution is 2.01. The fourth-order valence-corrected chi connectivity index (χ4v) is 1.72. The molecule has 1 heterocycles. The zero-order valence-corrected chi connectivity index (χ0v) is 9.23. The third kappa shape index (κ3) is 6.09. The van der Waals surface area contributed by atoms with Crippen molar-refractivity contribution in [1.82, 2.24) is 4.90 Å². The van der Waals surface area contributed by atoms with Crippen molar-refractivity contribution in [3.63, 3.8) is 0 Å². The maximum Gasteiger partial charge on any atom is 0.264 e. The lowest BCUT2D eigenvalue weighted by atomic mass is 10.3. The Labute approximate surface area is 90.3 Å². The van der Waals surface area contributed by atoms with Gasteiger partial charge in [0.2, 0.25) is 0 Å². The smallest absolute Gasteiger partial charge is 0.264 e. The van der Waals surface area contributed by atoms with Gasteiger partial charge in [-0.3, -0.25) is 4.55 Å². The molecular weight excluding hydrogens is 214 g/mol. The van der Waals surface area contributed by atoms with E-state index in [1.54, 1.807) is 0 Å². The fourth-order valence-electron chi connectivity index (χ4n) is 1.19. The van der Waals surface area contributed by atoms with Gasteiger partial charge in [0.15, 0.2) is 0 Å². The first kappa shape index (κ1) is 12.0. The quantitative estimate of drug-likeness (QED) is 0.574. The first-order valence-corrected chi connectivity index (χ1v) is 6.40. The van der Waals surface area contributed by atoms with E-state index in [1.165, 1.54) is 0 Å². The topological polar surface area (TPSA) is 57.6 Å². The number of nitrogens with zero attached hydrogens (tertiary/aromatic N) is 1. The first-order valence-electron chi connectivity index (χ1n) is 4.79. The van der Waals surface area contributed by atoms with Gasteiger partial charge in [-0.15, -0.1) is 0 Å². The van der Waals surface area contributed by atoms with E-state index >= 15 is 0 Å². The van der Waals surface area contributed by atoms with E-state index in [0.29, 0.717) is 12.8 Å². The zero-order valence-electron chi connectivity index (χ0n) is 8.41. The second-order valence-corrected chi connectivity index (χ2v) is 4.85. The van der Waals surface area contributed by atoms with Gasteiger partial charge >= 0.3 is 0 Å². The highest BCUT2D eigenvalue weighted by atomic mass is 32.2. The molecule has 0 aromatic heterocycles. The molecule has 5 heteroatoms. The Balaban J connectivity index is 2.17. The molecule has 0 aliphatic carbocycles. The summed E-state index contributed by atoms with van der Waals surface area (Å²) in [7, 11) is -3.80. The second-order valence-electron chi connectivity index (χ2n) is 3.28. The van der Waals surface area contributed by atoms with Gasteiger partial charge < -0.3 is 4.90 Å². The molecule has 0 amide bonds. The van der Waals surface area contributed by atoms with Gasteiger partial charge in [0.25, 0.3) is 10.1 Å². The summed E-state index contributed by atoms with van der Waals surface area (Å²) in [5, 5.41) is 0. The van der Waals surface area contributed by atoms with Crippen LogP contribution in [0, 0.1) is 0 Å². The highest BCUT2D eigenvalue weighted by molar-refractivity contribution is 7.85. The van der Waals surface area contributed by atoms with Gasteiger partial charge in [-0.05, 0) is 25.1 Å². The van der Waals surface area contributed by atoms with Crippen molar-refractivity contribution < 1.29 is 13.0 Å². The van der Waals surface area contributed by atoms with Crippen LogP contribution in [0.2, 0.25) is 0 Å². The lowest BCUT2D eigenvalue weighted by Crippen LogP contribution is -2.10. The number of hydrogen-bond acceptors (Lipinski definition) is 3. The summed E-state index contributed by atoms with van der Waals surface area (Å²) < 4.78 is 29.3. The molecular formula is C10H15NO3S. The molecule has 0 radical (unpaired) electrons. The van der Waals surface area contributed by atoms with Gasteiger partial charge in [-0.2, -0.15) is 8.42 Å². The normalized spacial score (nSPS) is 16.5. The molecule has 1 aliphatic rings. The Hall–Kier alpha value is -1.07. The van der Waals surface area contributed by atoms with Gasteiger partial charge in [0, 0.05) is 12.7 Å². The average molecular weight is 229 g/mol. The Morgan fingerprint density at radius 3 is 2.80 bits per heavy atom. The van der Waals surface area contributed by atoms with Crippen molar-refractivity contribution in [2.24, 2.45) is 0 Å². The Morgan fingerprint density at radius 1 is 1.40 bits per heavy atom. The number of unbranched alkanes of at least 4 members (excludes halogenated alkanes) is 1. The molecule has 84 valence electrons. The van der Waals surface area contributed by atoms with Gasteiger partial charge in [-0.25, -0.2) is 0 Å². The highest BCUT2D eigenvalue weighted by Gasteiger charge is 2.01. The summed E-state index contributed by atoms with van der Waals surface area (Å²) in [5.74, 6) is -0.174. The molecule has 0 aromatic carbocycles. The van der Waals surface area contributed by atoms with E-state index < -0.39 is 10.1 Å². The van der Waals surface area contributed by atoms with E-state index in [1.807, 2.05) is 41.6 Å². The third-order valence-electron chi connectivity index (χ3n) is 1.91. The van der Waals surface area contributed by atoms with Crippen LogP contribution in [0.3, 0.4) is 0 Å². The minimum Gasteiger partial charge on any atom is -0.351 e. The molecule has 0 saturated heterocycles. The molecule has 0 bridgehead atoms. The van der Waals surface area contributed by atoms with Crippen LogP contribution >= 0.6 is 0 Å². The van der Waals surface area contributed by atoms with E-state index in [-0.39, 0.29) is 5.75 Å². The van der Waals surface area contributed by atoms with Crippen LogP contribution in [0.4, 0.5) is 0 Å². The Bertz CT molecular complexity index is 368. The molecule has 0 saturated carbocycles. The van der Waals surface area contributed by atoms with Crippen LogP contribution in [-0.2, 0) is 10.1 Å². The number of allylic oxidation sites excluding steroid dienone is 3. The minimum atomic E-state index is -3.80. The largest absolute Gasteiger partial charge is 0.351 e. The molecule has 15 heavy (non-hydrogen) atoms. The van der Waals surface area contributed by atoms with E-state index in [2.05, 4.69) is 0 Å². The van der Waals surface area contributed by atoms with Crippen LogP contribution in [-0.4, -0.2) is 30.2 Å². The van der Waals surface area contributed by atoms with Crippen molar-refractivity contribution in [2.75, 3.05) is 12.3 Å². The average Bonchev–Trinajstić information content (AvgIpc) is 2.17. The molecule has 1 aliphatic heterocycles. The zero-order chi connectivity index (χ0) is 11.1.